The number of nitrogens with one attached hydrogen (secondary N) is 1. The van der Waals surface area contributed by atoms with Gasteiger partial charge >= 0.3 is 0 Å². The molecule has 1 saturated carbocycles. The molecule has 0 radical (unpaired) electrons. The van der Waals surface area contributed by atoms with Crippen LogP contribution < -0.4 is 5.32 Å². The average molecular weight is 214 g/mol. The Morgan fingerprint density at radius 2 is 1.93 bits per heavy atom. The first-order valence-corrected chi connectivity index (χ1v) is 6.28. The summed E-state index contributed by atoms with van der Waals surface area (Å²) in [4.78, 5) is 2.37. The Morgan fingerprint density at radius 1 is 1.33 bits per heavy atom. The largest absolute Gasteiger partial charge is 0.395 e. The molecule has 0 spiro atoms. The van der Waals surface area contributed by atoms with Crippen LogP contribution in [0.25, 0.3) is 0 Å². The van der Waals surface area contributed by atoms with Gasteiger partial charge in [-0.15, -0.1) is 0 Å². The lowest BCUT2D eigenvalue weighted by molar-refractivity contribution is 0.162. The Hall–Kier alpha value is -0.120. The number of likely N-dealkylation sites (N-methyl/N-ethyl adjacent to an activating group) is 1. The number of hydrogen-bond acceptors (Lipinski definition) is 3. The number of rotatable bonds is 8. The van der Waals surface area contributed by atoms with E-state index in [9.17, 15) is 5.11 Å². The van der Waals surface area contributed by atoms with Gasteiger partial charge in [-0.05, 0) is 32.7 Å². The van der Waals surface area contributed by atoms with E-state index in [1.165, 1.54) is 25.7 Å². The molecule has 15 heavy (non-hydrogen) atoms. The highest BCUT2D eigenvalue weighted by Crippen LogP contribution is 2.19. The average Bonchev–Trinajstić information content (AvgIpc) is 3.02. The van der Waals surface area contributed by atoms with Gasteiger partial charge in [0.25, 0.3) is 0 Å². The summed E-state index contributed by atoms with van der Waals surface area (Å²) in [7, 11) is 2.16. The molecule has 3 heteroatoms. The topological polar surface area (TPSA) is 35.5 Å². The van der Waals surface area contributed by atoms with Crippen molar-refractivity contribution in [3.63, 3.8) is 0 Å². The zero-order valence-electron chi connectivity index (χ0n) is 10.4. The number of nitrogens with zero attached hydrogens (tertiary/aromatic N) is 1. The lowest BCUT2D eigenvalue weighted by Gasteiger charge is -2.30. The predicted octanol–water partition coefficient (Wildman–Crippen LogP) is 1.22. The van der Waals surface area contributed by atoms with Gasteiger partial charge in [0.05, 0.1) is 6.61 Å². The Kier molecular flexibility index (Phi) is 5.58. The molecule has 0 aliphatic heterocycles. The van der Waals surface area contributed by atoms with Crippen LogP contribution in [0.2, 0.25) is 0 Å². The molecular formula is C12H26N2O. The first-order valence-electron chi connectivity index (χ1n) is 6.28. The highest BCUT2D eigenvalue weighted by molar-refractivity contribution is 4.86. The van der Waals surface area contributed by atoms with Gasteiger partial charge < -0.3 is 15.3 Å². The lowest BCUT2D eigenvalue weighted by Crippen LogP contribution is -2.46. The highest BCUT2D eigenvalue weighted by atomic mass is 16.3. The predicted molar refractivity (Wildman–Crippen MR) is 64.0 cm³/mol. The molecule has 0 bridgehead atoms. The van der Waals surface area contributed by atoms with Crippen LogP contribution in [0.15, 0.2) is 0 Å². The molecule has 1 rings (SSSR count). The van der Waals surface area contributed by atoms with Gasteiger partial charge in [0.2, 0.25) is 0 Å². The third-order valence-electron chi connectivity index (χ3n) is 3.34. The van der Waals surface area contributed by atoms with E-state index in [1.807, 2.05) is 0 Å². The molecule has 1 aliphatic rings. The molecule has 0 heterocycles. The molecule has 2 N–H and O–H groups in total. The van der Waals surface area contributed by atoms with E-state index in [2.05, 4.69) is 31.1 Å². The second-order valence-electron chi connectivity index (χ2n) is 4.73. The molecule has 3 nitrogen and oxygen atoms in total. The van der Waals surface area contributed by atoms with E-state index in [4.69, 9.17) is 0 Å². The monoisotopic (exact) mass is 214 g/mol. The lowest BCUT2D eigenvalue weighted by atomic mass is 10.1. The normalized spacial score (nSPS) is 18.8. The van der Waals surface area contributed by atoms with Crippen molar-refractivity contribution < 1.29 is 5.11 Å². The fourth-order valence-corrected chi connectivity index (χ4v) is 2.16. The standard InChI is InChI=1S/C12H26N2O/c1-4-12(5-2)14(3)8-11(9-15)13-10-6-7-10/h10-13,15H,4-9H2,1-3H3. The van der Waals surface area contributed by atoms with Crippen molar-refractivity contribution in [2.24, 2.45) is 0 Å². The van der Waals surface area contributed by atoms with Gasteiger partial charge in [0, 0.05) is 24.7 Å². The van der Waals surface area contributed by atoms with Gasteiger partial charge in [-0.25, -0.2) is 0 Å². The van der Waals surface area contributed by atoms with Crippen LogP contribution in [-0.4, -0.2) is 48.3 Å². The number of aliphatic hydroxyl groups is 1. The van der Waals surface area contributed by atoms with Crippen LogP contribution in [0, 0.1) is 0 Å². The Bertz CT molecular complexity index is 167. The maximum Gasteiger partial charge on any atom is 0.0597 e. The molecule has 1 fully saturated rings. The maximum atomic E-state index is 9.29. The van der Waals surface area contributed by atoms with E-state index in [0.717, 1.165) is 6.54 Å². The molecular weight excluding hydrogens is 188 g/mol. The quantitative estimate of drug-likeness (QED) is 0.638. The highest BCUT2D eigenvalue weighted by Gasteiger charge is 2.25. The van der Waals surface area contributed by atoms with Crippen LogP contribution in [0.4, 0.5) is 0 Å². The van der Waals surface area contributed by atoms with Gasteiger partial charge in [-0.2, -0.15) is 0 Å². The summed E-state index contributed by atoms with van der Waals surface area (Å²) in [6.45, 7) is 5.67. The molecule has 1 unspecified atom stereocenters. The summed E-state index contributed by atoms with van der Waals surface area (Å²) in [5, 5.41) is 12.8. The van der Waals surface area contributed by atoms with Crippen molar-refractivity contribution in [2.75, 3.05) is 20.2 Å². The Balaban J connectivity index is 2.28. The van der Waals surface area contributed by atoms with E-state index in [1.54, 1.807) is 0 Å². The molecule has 0 aromatic carbocycles. The molecule has 90 valence electrons. The summed E-state index contributed by atoms with van der Waals surface area (Å²) in [5.74, 6) is 0. The van der Waals surface area contributed by atoms with E-state index in [-0.39, 0.29) is 12.6 Å². The van der Waals surface area contributed by atoms with Crippen LogP contribution in [0.5, 0.6) is 0 Å². The van der Waals surface area contributed by atoms with E-state index in [0.29, 0.717) is 12.1 Å². The summed E-state index contributed by atoms with van der Waals surface area (Å²) < 4.78 is 0. The molecule has 1 aliphatic carbocycles. The second kappa shape index (κ2) is 6.46. The first kappa shape index (κ1) is 12.9. The van der Waals surface area contributed by atoms with Gasteiger partial charge in [0.1, 0.15) is 0 Å². The first-order chi connectivity index (χ1) is 7.21. The van der Waals surface area contributed by atoms with Crippen molar-refractivity contribution in [3.05, 3.63) is 0 Å². The minimum atomic E-state index is 0.251. The summed E-state index contributed by atoms with van der Waals surface area (Å²) >= 11 is 0. The Morgan fingerprint density at radius 3 is 2.33 bits per heavy atom. The third-order valence-corrected chi connectivity index (χ3v) is 3.34. The van der Waals surface area contributed by atoms with Crippen molar-refractivity contribution in [3.8, 4) is 0 Å². The minimum absolute atomic E-state index is 0.251. The molecule has 0 aromatic heterocycles. The van der Waals surface area contributed by atoms with E-state index >= 15 is 0 Å². The molecule has 0 amide bonds. The minimum Gasteiger partial charge on any atom is -0.395 e. The molecule has 1 atom stereocenters. The zero-order chi connectivity index (χ0) is 11.3. The van der Waals surface area contributed by atoms with Crippen LogP contribution in [-0.2, 0) is 0 Å². The molecule has 0 aromatic rings. The van der Waals surface area contributed by atoms with Crippen LogP contribution in [0.1, 0.15) is 39.5 Å². The van der Waals surface area contributed by atoms with Gasteiger partial charge in [-0.3, -0.25) is 0 Å². The summed E-state index contributed by atoms with van der Waals surface area (Å²) in [6, 6.07) is 1.58. The van der Waals surface area contributed by atoms with Crippen LogP contribution >= 0.6 is 0 Å². The number of aliphatic hydroxyl groups excluding tert-OH is 1. The van der Waals surface area contributed by atoms with Crippen molar-refractivity contribution in [1.82, 2.24) is 10.2 Å². The molecule has 0 saturated heterocycles. The SMILES string of the molecule is CCC(CC)N(C)CC(CO)NC1CC1. The fraction of sp³-hybridized carbons (Fsp3) is 1.00. The fourth-order valence-electron chi connectivity index (χ4n) is 2.16. The summed E-state index contributed by atoms with van der Waals surface area (Å²) in [6.07, 6.45) is 4.94. The summed E-state index contributed by atoms with van der Waals surface area (Å²) in [5.41, 5.74) is 0. The maximum absolute atomic E-state index is 9.29. The van der Waals surface area contributed by atoms with E-state index < -0.39 is 0 Å². The zero-order valence-corrected chi connectivity index (χ0v) is 10.4. The smallest absolute Gasteiger partial charge is 0.0597 e. The number of hydrogen-bond donors (Lipinski definition) is 2. The second-order valence-corrected chi connectivity index (χ2v) is 4.73. The van der Waals surface area contributed by atoms with Gasteiger partial charge in [-0.1, -0.05) is 13.8 Å². The van der Waals surface area contributed by atoms with Crippen molar-refractivity contribution in [2.45, 2.75) is 57.7 Å². The van der Waals surface area contributed by atoms with Gasteiger partial charge in [0.15, 0.2) is 0 Å². The third kappa shape index (κ3) is 4.49. The van der Waals surface area contributed by atoms with Crippen LogP contribution in [0.3, 0.4) is 0 Å². The van der Waals surface area contributed by atoms with Crippen molar-refractivity contribution >= 4 is 0 Å². The Labute approximate surface area is 93.9 Å². The van der Waals surface area contributed by atoms with Crippen molar-refractivity contribution in [1.29, 1.82) is 0 Å².